The summed E-state index contributed by atoms with van der Waals surface area (Å²) in [6.07, 6.45) is 7.13. The summed E-state index contributed by atoms with van der Waals surface area (Å²) in [4.78, 5) is 7.24. The van der Waals surface area contributed by atoms with Crippen LogP contribution in [0.25, 0.3) is 0 Å². The summed E-state index contributed by atoms with van der Waals surface area (Å²) in [6.45, 7) is 3.35. The molecule has 0 amide bonds. The summed E-state index contributed by atoms with van der Waals surface area (Å²) in [5, 5.41) is 3.83. The first-order valence-electron chi connectivity index (χ1n) is 9.26. The van der Waals surface area contributed by atoms with Crippen LogP contribution in [0.4, 0.5) is 0 Å². The van der Waals surface area contributed by atoms with Gasteiger partial charge in [-0.25, -0.2) is 0 Å². The second-order valence-corrected chi connectivity index (χ2v) is 7.35. The van der Waals surface area contributed by atoms with Gasteiger partial charge in [0.15, 0.2) is 0 Å². The number of piperidine rings is 1. The molecule has 3 heteroatoms. The Morgan fingerprint density at radius 2 is 1.75 bits per heavy atom. The van der Waals surface area contributed by atoms with Crippen molar-refractivity contribution in [2.24, 2.45) is 0 Å². The van der Waals surface area contributed by atoms with Crippen LogP contribution < -0.4 is 5.32 Å². The SMILES string of the molecule is CC(NC1C[C@H]2CC[C@@H](C1)N2Cc1ccccc1)c1ccccn1. The van der Waals surface area contributed by atoms with E-state index in [9.17, 15) is 0 Å². The van der Waals surface area contributed by atoms with E-state index >= 15 is 0 Å². The third-order valence-electron chi connectivity index (χ3n) is 5.71. The van der Waals surface area contributed by atoms with Gasteiger partial charge in [0.2, 0.25) is 0 Å². The maximum absolute atomic E-state index is 4.50. The van der Waals surface area contributed by atoms with E-state index in [2.05, 4.69) is 64.6 Å². The smallest absolute Gasteiger partial charge is 0.0570 e. The zero-order chi connectivity index (χ0) is 16.4. The number of aromatic nitrogens is 1. The summed E-state index contributed by atoms with van der Waals surface area (Å²) >= 11 is 0. The van der Waals surface area contributed by atoms with Crippen LogP contribution in [0.2, 0.25) is 0 Å². The van der Waals surface area contributed by atoms with E-state index < -0.39 is 0 Å². The topological polar surface area (TPSA) is 28.2 Å². The Balaban J connectivity index is 1.38. The fourth-order valence-electron chi connectivity index (χ4n) is 4.53. The van der Waals surface area contributed by atoms with E-state index in [0.29, 0.717) is 12.1 Å². The van der Waals surface area contributed by atoms with Crippen LogP contribution in [0, 0.1) is 0 Å². The lowest BCUT2D eigenvalue weighted by molar-refractivity contribution is 0.106. The summed E-state index contributed by atoms with van der Waals surface area (Å²) in [6, 6.07) is 19.5. The first-order chi connectivity index (χ1) is 11.8. The Bertz CT molecular complexity index is 629. The molecule has 1 N–H and O–H groups in total. The maximum atomic E-state index is 4.50. The first-order valence-corrected chi connectivity index (χ1v) is 9.26. The van der Waals surface area contributed by atoms with Gasteiger partial charge in [0, 0.05) is 36.9 Å². The number of rotatable bonds is 5. The zero-order valence-corrected chi connectivity index (χ0v) is 14.4. The van der Waals surface area contributed by atoms with Gasteiger partial charge in [0.05, 0.1) is 5.69 Å². The molecule has 4 rings (SSSR count). The third-order valence-corrected chi connectivity index (χ3v) is 5.71. The van der Waals surface area contributed by atoms with Crippen LogP contribution in [0.15, 0.2) is 54.7 Å². The molecule has 0 radical (unpaired) electrons. The number of pyridine rings is 1. The Hall–Kier alpha value is -1.71. The maximum Gasteiger partial charge on any atom is 0.0570 e. The minimum atomic E-state index is 0.330. The lowest BCUT2D eigenvalue weighted by Crippen LogP contribution is -2.49. The molecule has 2 saturated heterocycles. The van der Waals surface area contributed by atoms with Crippen LogP contribution in [-0.2, 0) is 6.54 Å². The number of benzene rings is 1. The average molecular weight is 321 g/mol. The second-order valence-electron chi connectivity index (χ2n) is 7.35. The molecule has 2 aromatic rings. The summed E-state index contributed by atoms with van der Waals surface area (Å²) < 4.78 is 0. The van der Waals surface area contributed by atoms with Gasteiger partial charge in [0.25, 0.3) is 0 Å². The highest BCUT2D eigenvalue weighted by Gasteiger charge is 2.40. The predicted octanol–water partition coefficient (Wildman–Crippen LogP) is 3.93. The number of hydrogen-bond acceptors (Lipinski definition) is 3. The molecule has 1 aromatic heterocycles. The zero-order valence-electron chi connectivity index (χ0n) is 14.4. The molecule has 2 unspecified atom stereocenters. The van der Waals surface area contributed by atoms with Gasteiger partial charge >= 0.3 is 0 Å². The molecule has 0 spiro atoms. The Morgan fingerprint density at radius 3 is 2.42 bits per heavy atom. The van der Waals surface area contributed by atoms with E-state index in [4.69, 9.17) is 0 Å². The van der Waals surface area contributed by atoms with Gasteiger partial charge in [-0.15, -0.1) is 0 Å². The predicted molar refractivity (Wildman–Crippen MR) is 97.6 cm³/mol. The van der Waals surface area contributed by atoms with E-state index in [0.717, 1.165) is 24.3 Å². The van der Waals surface area contributed by atoms with Crippen LogP contribution in [-0.4, -0.2) is 28.0 Å². The van der Waals surface area contributed by atoms with Gasteiger partial charge in [0.1, 0.15) is 0 Å². The van der Waals surface area contributed by atoms with Crippen LogP contribution >= 0.6 is 0 Å². The average Bonchev–Trinajstić information content (AvgIpc) is 2.86. The van der Waals surface area contributed by atoms with Gasteiger partial charge in [-0.05, 0) is 50.3 Å². The van der Waals surface area contributed by atoms with Gasteiger partial charge in [-0.3, -0.25) is 9.88 Å². The molecular formula is C21H27N3. The quantitative estimate of drug-likeness (QED) is 0.904. The molecule has 2 aliphatic heterocycles. The van der Waals surface area contributed by atoms with E-state index in [1.807, 2.05) is 12.3 Å². The molecule has 3 heterocycles. The summed E-state index contributed by atoms with van der Waals surface area (Å²) in [7, 11) is 0. The normalized spacial score (nSPS) is 28.0. The fraction of sp³-hybridized carbons (Fsp3) is 0.476. The molecule has 4 atom stereocenters. The number of nitrogens with zero attached hydrogens (tertiary/aromatic N) is 2. The molecule has 0 aliphatic carbocycles. The molecule has 24 heavy (non-hydrogen) atoms. The highest BCUT2D eigenvalue weighted by molar-refractivity contribution is 5.16. The molecule has 126 valence electrons. The van der Waals surface area contributed by atoms with Gasteiger partial charge in [-0.1, -0.05) is 36.4 Å². The van der Waals surface area contributed by atoms with Crippen LogP contribution in [0.3, 0.4) is 0 Å². The van der Waals surface area contributed by atoms with Crippen LogP contribution in [0.1, 0.15) is 49.9 Å². The van der Waals surface area contributed by atoms with Gasteiger partial charge < -0.3 is 5.32 Å². The Labute approximate surface area is 145 Å². The Kier molecular flexibility index (Phi) is 4.63. The van der Waals surface area contributed by atoms with E-state index in [-0.39, 0.29) is 0 Å². The Morgan fingerprint density at radius 1 is 1.04 bits per heavy atom. The fourth-order valence-corrected chi connectivity index (χ4v) is 4.53. The largest absolute Gasteiger partial charge is 0.306 e. The standard InChI is InChI=1S/C21H27N3/c1-16(21-9-5-6-12-22-21)23-18-13-19-10-11-20(14-18)24(19)15-17-7-3-2-4-8-17/h2-9,12,16,18-20,23H,10-11,13-15H2,1H3/t16?,18?,19-,20+. The van der Waals surface area contributed by atoms with Crippen molar-refractivity contribution in [3.63, 3.8) is 0 Å². The lowest BCUT2D eigenvalue weighted by atomic mass is 9.95. The lowest BCUT2D eigenvalue weighted by Gasteiger charge is -2.40. The second kappa shape index (κ2) is 7.04. The minimum Gasteiger partial charge on any atom is -0.306 e. The van der Waals surface area contributed by atoms with E-state index in [1.165, 1.54) is 31.2 Å². The summed E-state index contributed by atoms with van der Waals surface area (Å²) in [5.74, 6) is 0. The summed E-state index contributed by atoms with van der Waals surface area (Å²) in [5.41, 5.74) is 2.60. The van der Waals surface area contributed by atoms with Crippen molar-refractivity contribution in [1.29, 1.82) is 0 Å². The third kappa shape index (κ3) is 3.38. The monoisotopic (exact) mass is 321 g/mol. The molecule has 1 aromatic carbocycles. The molecule has 2 fully saturated rings. The molecular weight excluding hydrogens is 294 g/mol. The number of fused-ring (bicyclic) bond motifs is 2. The van der Waals surface area contributed by atoms with Crippen molar-refractivity contribution in [3.05, 3.63) is 66.0 Å². The highest BCUT2D eigenvalue weighted by atomic mass is 15.2. The van der Waals surface area contributed by atoms with Crippen LogP contribution in [0.5, 0.6) is 0 Å². The number of hydrogen-bond donors (Lipinski definition) is 1. The van der Waals surface area contributed by atoms with Crippen molar-refractivity contribution in [2.45, 2.75) is 63.3 Å². The van der Waals surface area contributed by atoms with Crippen molar-refractivity contribution in [2.75, 3.05) is 0 Å². The van der Waals surface area contributed by atoms with E-state index in [1.54, 1.807) is 0 Å². The highest BCUT2D eigenvalue weighted by Crippen LogP contribution is 2.37. The van der Waals surface area contributed by atoms with Crippen molar-refractivity contribution >= 4 is 0 Å². The molecule has 2 aliphatic rings. The molecule has 0 saturated carbocycles. The molecule has 2 bridgehead atoms. The van der Waals surface area contributed by atoms with Crippen molar-refractivity contribution < 1.29 is 0 Å². The van der Waals surface area contributed by atoms with Crippen molar-refractivity contribution in [1.82, 2.24) is 15.2 Å². The number of nitrogens with one attached hydrogen (secondary N) is 1. The van der Waals surface area contributed by atoms with Crippen molar-refractivity contribution in [3.8, 4) is 0 Å². The molecule has 3 nitrogen and oxygen atoms in total. The first kappa shape index (κ1) is 15.8. The minimum absolute atomic E-state index is 0.330. The van der Waals surface area contributed by atoms with Gasteiger partial charge in [-0.2, -0.15) is 0 Å².